The predicted molar refractivity (Wildman–Crippen MR) is 116 cm³/mol. The average molecular weight is 400 g/mol. The molecule has 1 aromatic carbocycles. The van der Waals surface area contributed by atoms with Crippen molar-refractivity contribution < 1.29 is 9.59 Å². The van der Waals surface area contributed by atoms with Gasteiger partial charge in [-0.3, -0.25) is 9.59 Å². The van der Waals surface area contributed by atoms with Gasteiger partial charge in [-0.15, -0.1) is 0 Å². The summed E-state index contributed by atoms with van der Waals surface area (Å²) in [5, 5.41) is 9.58. The molecule has 1 unspecified atom stereocenters. The van der Waals surface area contributed by atoms with Crippen LogP contribution in [0.15, 0.2) is 29.3 Å². The third-order valence-electron chi connectivity index (χ3n) is 5.56. The Kier molecular flexibility index (Phi) is 7.49. The fourth-order valence-corrected chi connectivity index (χ4v) is 4.14. The largest absolute Gasteiger partial charge is 0.357 e. The normalized spacial score (nSPS) is 20.0. The molecule has 1 aliphatic heterocycles. The molecule has 158 valence electrons. The van der Waals surface area contributed by atoms with E-state index in [1.807, 2.05) is 36.1 Å². The molecular formula is C22H33N5O2. The van der Waals surface area contributed by atoms with E-state index in [1.54, 1.807) is 0 Å². The van der Waals surface area contributed by atoms with E-state index in [2.05, 4.69) is 16.0 Å². The third kappa shape index (κ3) is 6.21. The van der Waals surface area contributed by atoms with E-state index in [-0.39, 0.29) is 17.9 Å². The van der Waals surface area contributed by atoms with E-state index >= 15 is 0 Å². The Hall–Kier alpha value is -2.57. The fourth-order valence-electron chi connectivity index (χ4n) is 4.14. The van der Waals surface area contributed by atoms with Crippen LogP contribution in [0.25, 0.3) is 0 Å². The summed E-state index contributed by atoms with van der Waals surface area (Å²) in [7, 11) is 0. The number of amides is 2. The van der Waals surface area contributed by atoms with Crippen LogP contribution in [0.4, 0.5) is 5.69 Å². The minimum atomic E-state index is -0.0846. The van der Waals surface area contributed by atoms with Crippen LogP contribution in [-0.2, 0) is 16.1 Å². The molecule has 0 bridgehead atoms. The summed E-state index contributed by atoms with van der Waals surface area (Å²) >= 11 is 0. The summed E-state index contributed by atoms with van der Waals surface area (Å²) < 4.78 is 0. The lowest BCUT2D eigenvalue weighted by Gasteiger charge is -2.21. The van der Waals surface area contributed by atoms with Crippen LogP contribution >= 0.6 is 0 Å². The Balaban J connectivity index is 1.55. The molecule has 1 atom stereocenters. The summed E-state index contributed by atoms with van der Waals surface area (Å²) in [5.41, 5.74) is 1.80. The molecule has 1 aliphatic carbocycles. The van der Waals surface area contributed by atoms with Crippen LogP contribution in [0.5, 0.6) is 0 Å². The molecule has 3 N–H and O–H groups in total. The number of aliphatic imine (C=N–C) groups is 1. The highest BCUT2D eigenvalue weighted by Gasteiger charge is 2.32. The van der Waals surface area contributed by atoms with E-state index < -0.39 is 0 Å². The zero-order valence-corrected chi connectivity index (χ0v) is 17.5. The number of anilines is 1. The van der Waals surface area contributed by atoms with Crippen LogP contribution in [0, 0.1) is 5.92 Å². The first-order valence-electron chi connectivity index (χ1n) is 10.8. The van der Waals surface area contributed by atoms with Gasteiger partial charge in [0.1, 0.15) is 0 Å². The Morgan fingerprint density at radius 3 is 2.72 bits per heavy atom. The number of hydrogen-bond acceptors (Lipinski definition) is 3. The van der Waals surface area contributed by atoms with Crippen LogP contribution < -0.4 is 16.0 Å². The molecule has 1 saturated carbocycles. The molecule has 1 heterocycles. The molecule has 7 nitrogen and oxygen atoms in total. The monoisotopic (exact) mass is 399 g/mol. The number of rotatable bonds is 6. The first-order chi connectivity index (χ1) is 14.0. The second-order valence-electron chi connectivity index (χ2n) is 7.97. The summed E-state index contributed by atoms with van der Waals surface area (Å²) in [6.45, 7) is 6.40. The third-order valence-corrected chi connectivity index (χ3v) is 5.56. The summed E-state index contributed by atoms with van der Waals surface area (Å²) in [4.78, 5) is 30.6. The second kappa shape index (κ2) is 10.3. The molecule has 0 aromatic heterocycles. The van der Waals surface area contributed by atoms with Crippen LogP contribution in [0.2, 0.25) is 0 Å². The van der Waals surface area contributed by atoms with Gasteiger partial charge in [0.15, 0.2) is 5.96 Å². The maximum atomic E-state index is 12.6. The van der Waals surface area contributed by atoms with Crippen molar-refractivity contribution in [2.45, 2.75) is 58.5 Å². The topological polar surface area (TPSA) is 85.8 Å². The second-order valence-corrected chi connectivity index (χ2v) is 7.97. The first kappa shape index (κ1) is 21.1. The van der Waals surface area contributed by atoms with Crippen molar-refractivity contribution in [2.24, 2.45) is 10.9 Å². The molecule has 1 saturated heterocycles. The highest BCUT2D eigenvalue weighted by atomic mass is 16.2. The first-order valence-corrected chi connectivity index (χ1v) is 10.8. The molecule has 1 aromatic rings. The van der Waals surface area contributed by atoms with Crippen LogP contribution in [0.3, 0.4) is 0 Å². The number of carbonyl (C=O) groups is 2. The van der Waals surface area contributed by atoms with E-state index in [1.165, 1.54) is 19.8 Å². The SMILES string of the molecule is CCNC(=NCc1cccc(NC(C)=O)c1)NC1CCN(C(=O)C2CCCC2)C1. The van der Waals surface area contributed by atoms with Crippen LogP contribution in [-0.4, -0.2) is 48.3 Å². The highest BCUT2D eigenvalue weighted by molar-refractivity contribution is 5.88. The molecule has 2 aliphatic rings. The van der Waals surface area contributed by atoms with Crippen molar-refractivity contribution in [2.75, 3.05) is 25.0 Å². The van der Waals surface area contributed by atoms with E-state index in [0.717, 1.165) is 56.1 Å². The van der Waals surface area contributed by atoms with Gasteiger partial charge in [0.05, 0.1) is 6.54 Å². The number of nitrogens with one attached hydrogen (secondary N) is 3. The van der Waals surface area contributed by atoms with Crippen molar-refractivity contribution in [3.8, 4) is 0 Å². The van der Waals surface area contributed by atoms with Crippen molar-refractivity contribution in [3.63, 3.8) is 0 Å². The van der Waals surface area contributed by atoms with E-state index in [9.17, 15) is 9.59 Å². The Morgan fingerprint density at radius 1 is 1.21 bits per heavy atom. The quantitative estimate of drug-likeness (QED) is 0.507. The van der Waals surface area contributed by atoms with Crippen molar-refractivity contribution in [1.82, 2.24) is 15.5 Å². The van der Waals surface area contributed by atoms with E-state index in [0.29, 0.717) is 12.5 Å². The lowest BCUT2D eigenvalue weighted by atomic mass is 10.1. The van der Waals surface area contributed by atoms with Gasteiger partial charge in [0.25, 0.3) is 0 Å². The summed E-state index contributed by atoms with van der Waals surface area (Å²) in [6, 6.07) is 7.94. The Morgan fingerprint density at radius 2 is 2.00 bits per heavy atom. The molecule has 2 fully saturated rings. The van der Waals surface area contributed by atoms with Crippen molar-refractivity contribution in [3.05, 3.63) is 29.8 Å². The average Bonchev–Trinajstić information content (AvgIpc) is 3.38. The maximum absolute atomic E-state index is 12.6. The van der Waals surface area contributed by atoms with Gasteiger partial charge in [-0.2, -0.15) is 0 Å². The number of benzene rings is 1. The smallest absolute Gasteiger partial charge is 0.225 e. The molecular weight excluding hydrogens is 366 g/mol. The molecule has 7 heteroatoms. The summed E-state index contributed by atoms with van der Waals surface area (Å²) in [6.07, 6.45) is 5.42. The van der Waals surface area contributed by atoms with Gasteiger partial charge in [-0.1, -0.05) is 25.0 Å². The van der Waals surface area contributed by atoms with Crippen molar-refractivity contribution >= 4 is 23.5 Å². The van der Waals surface area contributed by atoms with Gasteiger partial charge in [-0.05, 0) is 43.9 Å². The predicted octanol–water partition coefficient (Wildman–Crippen LogP) is 2.49. The van der Waals surface area contributed by atoms with Crippen molar-refractivity contribution in [1.29, 1.82) is 0 Å². The minimum absolute atomic E-state index is 0.0846. The minimum Gasteiger partial charge on any atom is -0.357 e. The van der Waals surface area contributed by atoms with Gasteiger partial charge in [0, 0.05) is 44.2 Å². The number of guanidine groups is 1. The lowest BCUT2D eigenvalue weighted by Crippen LogP contribution is -2.45. The number of nitrogens with zero attached hydrogens (tertiary/aromatic N) is 2. The maximum Gasteiger partial charge on any atom is 0.225 e. The Bertz CT molecular complexity index is 742. The zero-order valence-electron chi connectivity index (χ0n) is 17.5. The Labute approximate surface area is 173 Å². The lowest BCUT2D eigenvalue weighted by molar-refractivity contribution is -0.134. The highest BCUT2D eigenvalue weighted by Crippen LogP contribution is 2.27. The summed E-state index contributed by atoms with van der Waals surface area (Å²) in [5.74, 6) is 1.26. The standard InChI is InChI=1S/C22H33N5O2/c1-3-23-22(24-14-17-7-6-10-19(13-17)25-16(2)28)26-20-11-12-27(15-20)21(29)18-8-4-5-9-18/h6-7,10,13,18,20H,3-5,8-9,11-12,14-15H2,1-2H3,(H,25,28)(H2,23,24,26). The molecule has 2 amide bonds. The molecule has 0 radical (unpaired) electrons. The molecule has 29 heavy (non-hydrogen) atoms. The number of carbonyl (C=O) groups excluding carboxylic acids is 2. The van der Waals surface area contributed by atoms with Gasteiger partial charge < -0.3 is 20.9 Å². The zero-order chi connectivity index (χ0) is 20.6. The van der Waals surface area contributed by atoms with Gasteiger partial charge in [-0.25, -0.2) is 4.99 Å². The number of hydrogen-bond donors (Lipinski definition) is 3. The van der Waals surface area contributed by atoms with Gasteiger partial charge >= 0.3 is 0 Å². The molecule has 0 spiro atoms. The van der Waals surface area contributed by atoms with Gasteiger partial charge in [0.2, 0.25) is 11.8 Å². The fraction of sp³-hybridized carbons (Fsp3) is 0.591. The molecule has 3 rings (SSSR count). The van der Waals surface area contributed by atoms with Crippen LogP contribution in [0.1, 0.15) is 51.5 Å². The van der Waals surface area contributed by atoms with E-state index in [4.69, 9.17) is 4.99 Å². The number of likely N-dealkylation sites (tertiary alicyclic amines) is 1.